The maximum Gasteiger partial charge on any atom is 0.215 e. The van der Waals surface area contributed by atoms with E-state index in [2.05, 4.69) is 157 Å². The molecule has 0 aromatic heterocycles. The van der Waals surface area contributed by atoms with Crippen molar-refractivity contribution in [3.8, 4) is 0 Å². The van der Waals surface area contributed by atoms with Gasteiger partial charge < -0.3 is 14.2 Å². The van der Waals surface area contributed by atoms with E-state index in [4.69, 9.17) is 51.3 Å². The van der Waals surface area contributed by atoms with Gasteiger partial charge in [-0.15, -0.1) is 78.5 Å². The molecule has 620 valence electrons. The predicted molar refractivity (Wildman–Crippen MR) is 551 cm³/mol. The van der Waals surface area contributed by atoms with Crippen molar-refractivity contribution < 1.29 is 43.0 Å². The third-order valence-electron chi connectivity index (χ3n) is 13.1. The lowest BCUT2D eigenvalue weighted by molar-refractivity contribution is -0.115. The first-order chi connectivity index (χ1) is 53.6. The maximum atomic E-state index is 11.8. The fourth-order valence-electron chi connectivity index (χ4n) is 7.44. The molecule has 9 nitrogen and oxygen atoms in total. The van der Waals surface area contributed by atoms with Gasteiger partial charge in [-0.1, -0.05) is 203 Å². The SMILES string of the molecule is C=C(C)C(=O)SCC(SCCS)SC(=O)C(=C)C.C=CC(=O)CCCSCC(SCCCC(=O)C=C)C(CSC(=O)C=C)SCCSC(=O)C=C.C=CCOCCSCCSCC(CSCCOCC=C)SCCSCCOCC=C.C=Cc1ccc(CSC(=S)SCC(S)CSC(=S)SCc2ccc(C=C)cc2)cc1. The highest BCUT2D eigenvalue weighted by atomic mass is 32.2. The second kappa shape index (κ2) is 82.6. The molecule has 2 aromatic carbocycles. The van der Waals surface area contributed by atoms with Crippen LogP contribution < -0.4 is 0 Å². The van der Waals surface area contributed by atoms with E-state index in [1.54, 1.807) is 96.6 Å². The molecule has 0 bridgehead atoms. The molecular weight excluding hydrogens is 1790 g/mol. The summed E-state index contributed by atoms with van der Waals surface area (Å²) in [5, 5.41) is 1.33. The van der Waals surface area contributed by atoms with Crippen LogP contribution in [0.4, 0.5) is 0 Å². The number of rotatable bonds is 66. The Kier molecular flexibility index (Phi) is 84.4. The summed E-state index contributed by atoms with van der Waals surface area (Å²) < 4.78 is 18.3. The molecule has 2 rings (SSSR count). The van der Waals surface area contributed by atoms with Gasteiger partial charge in [-0.05, 0) is 102 Å². The molecule has 0 radical (unpaired) electrons. The summed E-state index contributed by atoms with van der Waals surface area (Å²) in [5.41, 5.74) is 5.89. The number of ether oxygens (including phenoxy) is 3. The zero-order valence-electron chi connectivity index (χ0n) is 64.4. The van der Waals surface area contributed by atoms with Gasteiger partial charge in [0.1, 0.15) is 7.06 Å². The first-order valence-corrected chi connectivity index (χ1v) is 55.1. The molecule has 0 N–H and O–H groups in total. The van der Waals surface area contributed by atoms with Crippen molar-refractivity contribution >= 4 is 301 Å². The molecule has 111 heavy (non-hydrogen) atoms. The van der Waals surface area contributed by atoms with Crippen molar-refractivity contribution in [3.05, 3.63) is 197 Å². The van der Waals surface area contributed by atoms with Crippen LogP contribution in [0.25, 0.3) is 12.2 Å². The molecule has 0 fully saturated rings. The minimum absolute atomic E-state index is 0.0185. The first-order valence-electron chi connectivity index (χ1n) is 35.4. The molecule has 0 heterocycles. The van der Waals surface area contributed by atoms with Crippen LogP contribution in [0.1, 0.15) is 61.8 Å². The quantitative estimate of drug-likeness (QED) is 0.0162. The number of thiocarbonyl (C=S) groups is 2. The normalized spacial score (nSPS) is 11.8. The number of thiol groups is 2. The lowest BCUT2D eigenvalue weighted by atomic mass is 10.1. The Morgan fingerprint density at radius 1 is 0.432 bits per heavy atom. The smallest absolute Gasteiger partial charge is 0.215 e. The average molecular weight is 1910 g/mol. The van der Waals surface area contributed by atoms with Crippen molar-refractivity contribution in [1.29, 1.82) is 0 Å². The highest BCUT2D eigenvalue weighted by Crippen LogP contribution is 2.34. The molecular formula is C81H116O9S21. The molecule has 0 spiro atoms. The zero-order valence-corrected chi connectivity index (χ0v) is 81.7. The van der Waals surface area contributed by atoms with E-state index in [-0.39, 0.29) is 52.4 Å². The summed E-state index contributed by atoms with van der Waals surface area (Å²) >= 11 is 48.9. The summed E-state index contributed by atoms with van der Waals surface area (Å²) in [6.07, 6.45) is 17.1. The second-order valence-electron chi connectivity index (χ2n) is 22.4. The van der Waals surface area contributed by atoms with Gasteiger partial charge in [0.05, 0.1) is 44.2 Å². The van der Waals surface area contributed by atoms with Crippen molar-refractivity contribution in [2.45, 2.75) is 76.6 Å². The summed E-state index contributed by atoms with van der Waals surface area (Å²) in [6.45, 7) is 47.7. The summed E-state index contributed by atoms with van der Waals surface area (Å²) in [7, 11) is 0. The van der Waals surface area contributed by atoms with Crippen LogP contribution in [-0.2, 0) is 54.5 Å². The summed E-state index contributed by atoms with van der Waals surface area (Å²) in [4.78, 5) is 69.3. The second-order valence-corrected chi connectivity index (χ2v) is 45.9. The number of benzene rings is 2. The van der Waals surface area contributed by atoms with Crippen LogP contribution in [0.2, 0.25) is 0 Å². The molecule has 0 aliphatic carbocycles. The van der Waals surface area contributed by atoms with Gasteiger partial charge in [-0.3, -0.25) is 28.8 Å². The van der Waals surface area contributed by atoms with Gasteiger partial charge in [0.15, 0.2) is 11.6 Å². The zero-order chi connectivity index (χ0) is 82.8. The van der Waals surface area contributed by atoms with Crippen LogP contribution >= 0.6 is 250 Å². The number of hydrogen-bond donors (Lipinski definition) is 2. The molecule has 4 unspecified atom stereocenters. The molecule has 0 amide bonds. The third kappa shape index (κ3) is 72.8. The minimum Gasteiger partial charge on any atom is -0.377 e. The Balaban J connectivity index is 0. The molecule has 0 saturated heterocycles. The van der Waals surface area contributed by atoms with E-state index in [1.807, 2.05) is 77.0 Å². The number of thioether (sulfide) groups is 17. The number of hydrogen-bond acceptors (Lipinski definition) is 30. The summed E-state index contributed by atoms with van der Waals surface area (Å²) in [6, 6.07) is 16.8. The third-order valence-corrected chi connectivity index (χ3v) is 37.6. The monoisotopic (exact) mass is 1900 g/mol. The van der Waals surface area contributed by atoms with Crippen LogP contribution in [0.5, 0.6) is 0 Å². The molecule has 30 heteroatoms. The lowest BCUT2D eigenvalue weighted by Gasteiger charge is -2.26. The van der Waals surface area contributed by atoms with Crippen LogP contribution in [0.15, 0.2) is 175 Å². The Labute approximate surface area is 763 Å². The van der Waals surface area contributed by atoms with E-state index in [0.717, 1.165) is 126 Å². The maximum absolute atomic E-state index is 11.8. The van der Waals surface area contributed by atoms with Gasteiger partial charge in [0.2, 0.25) is 20.5 Å². The predicted octanol–water partition coefficient (Wildman–Crippen LogP) is 23.6. The van der Waals surface area contributed by atoms with Gasteiger partial charge >= 0.3 is 0 Å². The molecule has 0 aliphatic heterocycles. The van der Waals surface area contributed by atoms with Crippen LogP contribution in [0, 0.1) is 0 Å². The van der Waals surface area contributed by atoms with E-state index < -0.39 is 0 Å². The Morgan fingerprint density at radius 2 is 0.865 bits per heavy atom. The molecule has 0 saturated carbocycles. The van der Waals surface area contributed by atoms with Crippen molar-refractivity contribution in [3.63, 3.8) is 0 Å². The van der Waals surface area contributed by atoms with Gasteiger partial charge in [0, 0.05) is 143 Å². The highest BCUT2D eigenvalue weighted by Gasteiger charge is 2.25. The number of allylic oxidation sites excluding steroid dienone is 2. The fraction of sp³-hybridized carbons (Fsp3) is 0.481. The highest BCUT2D eigenvalue weighted by molar-refractivity contribution is 8.47. The first kappa shape index (κ1) is 113. The number of ketones is 2. The Bertz CT molecular complexity index is 2940. The molecule has 4 atom stereocenters. The van der Waals surface area contributed by atoms with Crippen molar-refractivity contribution in [1.82, 2.24) is 0 Å². The number of carbonyl (C=O) groups is 6. The van der Waals surface area contributed by atoms with Crippen molar-refractivity contribution in [2.75, 3.05) is 155 Å². The summed E-state index contributed by atoms with van der Waals surface area (Å²) in [5.74, 6) is 21.1. The van der Waals surface area contributed by atoms with Gasteiger partial charge in [-0.2, -0.15) is 119 Å². The average Bonchev–Trinajstić information content (AvgIpc) is 0.930. The van der Waals surface area contributed by atoms with E-state index in [0.29, 0.717) is 66.3 Å². The lowest BCUT2D eigenvalue weighted by Crippen LogP contribution is -2.27. The van der Waals surface area contributed by atoms with E-state index >= 15 is 0 Å². The largest absolute Gasteiger partial charge is 0.377 e. The molecule has 2 aromatic rings. The molecule has 0 aliphatic rings. The van der Waals surface area contributed by atoms with Crippen molar-refractivity contribution in [2.24, 2.45) is 0 Å². The van der Waals surface area contributed by atoms with Crippen LogP contribution in [-0.4, -0.2) is 219 Å². The minimum atomic E-state index is -0.0484. The van der Waals surface area contributed by atoms with E-state index in [9.17, 15) is 28.8 Å². The van der Waals surface area contributed by atoms with Gasteiger partial charge in [0.25, 0.3) is 0 Å². The Hall–Kier alpha value is 0.310. The standard InChI is InChI=1S/C24H34O4S5.C23H24S7.C22H40O3S5.C12H18O2S4/c1-5-19(25)11-9-13-29-17-21(30-14-10-12-20(26)6-2)22(18-33-24(28)8-4)31-15-16-32-23(27)7-3;1-3-17-5-9-19(10-6-17)13-27-22(25)29-15-21(24)16-30-23(26)28-14-20-11-7-18(4-2)8-12-20;1-4-7-23-10-13-26-16-17-29-21-22(20-28-15-12-25-9-6-3)30-19-18-27-14-11-24-8-5-2;1-8(2)11(13)17-7-10(16-6-5-15)18-12(14)9(3)4/h5-8,21-22H,1-4,9-18H2;3-12,21,24H,1-2,13-16H2;4-6,22H,1-3,7-21H2;10,15H,1,3,5-7H2,2,4H3. The fourth-order valence-corrected chi connectivity index (χ4v) is 27.7. The topological polar surface area (TPSA) is 130 Å². The Morgan fingerprint density at radius 3 is 1.33 bits per heavy atom. The van der Waals surface area contributed by atoms with E-state index in [1.165, 1.54) is 117 Å². The van der Waals surface area contributed by atoms with Gasteiger partial charge in [-0.25, -0.2) is 0 Å². The number of carbonyl (C=O) groups excluding carboxylic acids is 6. The van der Waals surface area contributed by atoms with Crippen LogP contribution in [0.3, 0.4) is 0 Å².